The zero-order chi connectivity index (χ0) is 18.1. The van der Waals surface area contributed by atoms with Crippen molar-refractivity contribution in [2.24, 2.45) is 5.92 Å². The third-order valence-electron chi connectivity index (χ3n) is 3.33. The first kappa shape index (κ1) is 19.9. The molecule has 1 aromatic carbocycles. The molecule has 0 spiro atoms. The number of hydrogen-bond donors (Lipinski definition) is 4. The summed E-state index contributed by atoms with van der Waals surface area (Å²) in [6.45, 7) is 8.50. The molecular formula is C17H26N4O2S. The molecule has 4 N–H and O–H groups in total. The minimum atomic E-state index is -0.691. The molecule has 0 aliphatic carbocycles. The molecular weight excluding hydrogens is 324 g/mol. The van der Waals surface area contributed by atoms with Crippen LogP contribution in [0.25, 0.3) is 0 Å². The molecule has 24 heavy (non-hydrogen) atoms. The number of amides is 2. The molecule has 0 heterocycles. The summed E-state index contributed by atoms with van der Waals surface area (Å²) in [6, 6.07) is 6.50. The van der Waals surface area contributed by atoms with Crippen molar-refractivity contribution in [1.82, 2.24) is 21.5 Å². The predicted octanol–water partition coefficient (Wildman–Crippen LogP) is 1.65. The first-order chi connectivity index (χ1) is 11.3. The second-order valence-electron chi connectivity index (χ2n) is 6.12. The van der Waals surface area contributed by atoms with E-state index in [2.05, 4.69) is 35.3 Å². The lowest BCUT2D eigenvalue weighted by Gasteiger charge is -2.16. The van der Waals surface area contributed by atoms with Crippen LogP contribution in [0.15, 0.2) is 24.3 Å². The summed E-state index contributed by atoms with van der Waals surface area (Å²) in [4.78, 5) is 24.1. The smallest absolute Gasteiger partial charge is 0.260 e. The largest absolute Gasteiger partial charge is 0.361 e. The molecule has 7 heteroatoms. The van der Waals surface area contributed by atoms with E-state index in [1.165, 1.54) is 0 Å². The van der Waals surface area contributed by atoms with E-state index in [1.54, 1.807) is 25.1 Å². The molecule has 0 bridgehead atoms. The second-order valence-corrected chi connectivity index (χ2v) is 6.53. The van der Waals surface area contributed by atoms with Crippen LogP contribution in [0.5, 0.6) is 0 Å². The highest BCUT2D eigenvalue weighted by Crippen LogP contribution is 2.04. The van der Waals surface area contributed by atoms with Gasteiger partial charge in [0.1, 0.15) is 6.04 Å². The Bertz CT molecular complexity index is 590. The van der Waals surface area contributed by atoms with Gasteiger partial charge < -0.3 is 10.6 Å². The van der Waals surface area contributed by atoms with Gasteiger partial charge in [0.25, 0.3) is 11.8 Å². The summed E-state index contributed by atoms with van der Waals surface area (Å²) in [5, 5.41) is 6.00. The van der Waals surface area contributed by atoms with E-state index >= 15 is 0 Å². The van der Waals surface area contributed by atoms with E-state index in [-0.39, 0.29) is 11.8 Å². The van der Waals surface area contributed by atoms with Crippen LogP contribution in [-0.4, -0.2) is 29.5 Å². The monoisotopic (exact) mass is 350 g/mol. The summed E-state index contributed by atoms with van der Waals surface area (Å²) in [5.41, 5.74) is 6.62. The lowest BCUT2D eigenvalue weighted by Crippen LogP contribution is -2.53. The summed E-state index contributed by atoms with van der Waals surface area (Å²) in [6.07, 6.45) is 0.985. The number of benzene rings is 1. The Hall–Kier alpha value is -2.15. The standard InChI is InChI=1S/C17H26N4O2S/c1-11(2)8-9-18-17(24)21-20-15(22)13(4)19-16(23)14-7-5-6-12(3)10-14/h5-7,10-11,13H,8-9H2,1-4H3,(H,19,23)(H,20,22)(H2,18,21,24)/t13-/m0/s1. The molecule has 1 atom stereocenters. The number of aryl methyl sites for hydroxylation is 1. The first-order valence-corrected chi connectivity index (χ1v) is 8.41. The zero-order valence-electron chi connectivity index (χ0n) is 14.6. The van der Waals surface area contributed by atoms with Crippen molar-refractivity contribution < 1.29 is 9.59 Å². The Labute approximate surface area is 148 Å². The van der Waals surface area contributed by atoms with Crippen molar-refractivity contribution in [1.29, 1.82) is 0 Å². The highest BCUT2D eigenvalue weighted by Gasteiger charge is 2.16. The van der Waals surface area contributed by atoms with Crippen molar-refractivity contribution >= 4 is 29.1 Å². The number of hydrogen-bond acceptors (Lipinski definition) is 3. The predicted molar refractivity (Wildman–Crippen MR) is 99.4 cm³/mol. The molecule has 0 fully saturated rings. The highest BCUT2D eigenvalue weighted by atomic mass is 32.1. The number of carbonyl (C=O) groups is 2. The van der Waals surface area contributed by atoms with Crippen LogP contribution in [0.1, 0.15) is 43.1 Å². The summed E-state index contributed by atoms with van der Waals surface area (Å²) in [5.74, 6) is -0.0882. The van der Waals surface area contributed by atoms with E-state index in [1.807, 2.05) is 13.0 Å². The lowest BCUT2D eigenvalue weighted by atomic mass is 10.1. The topological polar surface area (TPSA) is 82.3 Å². The number of nitrogens with one attached hydrogen (secondary N) is 4. The van der Waals surface area contributed by atoms with Crippen LogP contribution in [0.2, 0.25) is 0 Å². The summed E-state index contributed by atoms with van der Waals surface area (Å²) in [7, 11) is 0. The van der Waals surface area contributed by atoms with Crippen molar-refractivity contribution in [3.63, 3.8) is 0 Å². The molecule has 1 rings (SSSR count). The molecule has 1 aromatic rings. The number of hydrazine groups is 1. The van der Waals surface area contributed by atoms with Gasteiger partial charge in [-0.05, 0) is 50.5 Å². The molecule has 0 aliphatic rings. The van der Waals surface area contributed by atoms with Gasteiger partial charge in [0, 0.05) is 12.1 Å². The fourth-order valence-electron chi connectivity index (χ4n) is 1.88. The van der Waals surface area contributed by atoms with Crippen LogP contribution in [0, 0.1) is 12.8 Å². The minimum absolute atomic E-state index is 0.293. The van der Waals surface area contributed by atoms with Crippen LogP contribution >= 0.6 is 12.2 Å². The maximum Gasteiger partial charge on any atom is 0.260 e. The molecule has 2 amide bonds. The van der Waals surface area contributed by atoms with Gasteiger partial charge in [-0.25, -0.2) is 0 Å². The average Bonchev–Trinajstić information content (AvgIpc) is 2.52. The zero-order valence-corrected chi connectivity index (χ0v) is 15.4. The van der Waals surface area contributed by atoms with Gasteiger partial charge in [0.15, 0.2) is 5.11 Å². The van der Waals surface area contributed by atoms with Crippen LogP contribution < -0.4 is 21.5 Å². The van der Waals surface area contributed by atoms with Crippen molar-refractivity contribution in [2.75, 3.05) is 6.54 Å². The normalized spacial score (nSPS) is 11.5. The van der Waals surface area contributed by atoms with Gasteiger partial charge in [-0.3, -0.25) is 20.4 Å². The lowest BCUT2D eigenvalue weighted by molar-refractivity contribution is -0.123. The molecule has 0 aromatic heterocycles. The maximum absolute atomic E-state index is 12.1. The Morgan fingerprint density at radius 2 is 1.88 bits per heavy atom. The third kappa shape index (κ3) is 7.41. The van der Waals surface area contributed by atoms with Crippen LogP contribution in [-0.2, 0) is 4.79 Å². The Morgan fingerprint density at radius 1 is 1.17 bits per heavy atom. The fraction of sp³-hybridized carbons (Fsp3) is 0.471. The third-order valence-corrected chi connectivity index (χ3v) is 3.57. The maximum atomic E-state index is 12.1. The number of carbonyl (C=O) groups excluding carboxylic acids is 2. The Balaban J connectivity index is 2.36. The van der Waals surface area contributed by atoms with E-state index in [4.69, 9.17) is 12.2 Å². The second kappa shape index (κ2) is 9.87. The SMILES string of the molecule is Cc1cccc(C(=O)N[C@@H](C)C(=O)NNC(=S)NCCC(C)C)c1. The van der Waals surface area contributed by atoms with Crippen molar-refractivity contribution in [2.45, 2.75) is 40.2 Å². The molecule has 132 valence electrons. The average molecular weight is 350 g/mol. The summed E-state index contributed by atoms with van der Waals surface area (Å²) >= 11 is 5.07. The Kier molecular flexibility index (Phi) is 8.18. The van der Waals surface area contributed by atoms with Crippen LogP contribution in [0.4, 0.5) is 0 Å². The van der Waals surface area contributed by atoms with Gasteiger partial charge in [-0.2, -0.15) is 0 Å². The molecule has 0 saturated heterocycles. The molecule has 0 aliphatic heterocycles. The van der Waals surface area contributed by atoms with E-state index in [9.17, 15) is 9.59 Å². The van der Waals surface area contributed by atoms with E-state index in [0.717, 1.165) is 18.5 Å². The van der Waals surface area contributed by atoms with Crippen molar-refractivity contribution in [3.05, 3.63) is 35.4 Å². The number of rotatable bonds is 6. The minimum Gasteiger partial charge on any atom is -0.361 e. The van der Waals surface area contributed by atoms with Gasteiger partial charge in [-0.15, -0.1) is 0 Å². The van der Waals surface area contributed by atoms with E-state index < -0.39 is 6.04 Å². The first-order valence-electron chi connectivity index (χ1n) is 8.00. The van der Waals surface area contributed by atoms with Gasteiger partial charge in [0.2, 0.25) is 0 Å². The van der Waals surface area contributed by atoms with Gasteiger partial charge in [-0.1, -0.05) is 31.5 Å². The Morgan fingerprint density at radius 3 is 2.50 bits per heavy atom. The number of thiocarbonyl (C=S) groups is 1. The van der Waals surface area contributed by atoms with Crippen molar-refractivity contribution in [3.8, 4) is 0 Å². The molecule has 0 unspecified atom stereocenters. The van der Waals surface area contributed by atoms with Gasteiger partial charge in [0.05, 0.1) is 0 Å². The summed E-state index contributed by atoms with van der Waals surface area (Å²) < 4.78 is 0. The van der Waals surface area contributed by atoms with Gasteiger partial charge >= 0.3 is 0 Å². The molecule has 0 radical (unpaired) electrons. The van der Waals surface area contributed by atoms with Crippen LogP contribution in [0.3, 0.4) is 0 Å². The molecule has 6 nitrogen and oxygen atoms in total. The highest BCUT2D eigenvalue weighted by molar-refractivity contribution is 7.80. The quantitative estimate of drug-likeness (QED) is 0.463. The molecule has 0 saturated carbocycles. The fourth-order valence-corrected chi connectivity index (χ4v) is 2.03. The van der Waals surface area contributed by atoms with E-state index in [0.29, 0.717) is 16.6 Å².